The van der Waals surface area contributed by atoms with Gasteiger partial charge in [0.25, 0.3) is 0 Å². The van der Waals surface area contributed by atoms with Crippen molar-refractivity contribution in [1.29, 1.82) is 0 Å². The second kappa shape index (κ2) is 11.3. The van der Waals surface area contributed by atoms with Crippen molar-refractivity contribution < 1.29 is 28.0 Å². The predicted molar refractivity (Wildman–Crippen MR) is 78.3 cm³/mol. The minimum absolute atomic E-state index is 0.0816. The van der Waals surface area contributed by atoms with Gasteiger partial charge in [-0.15, -0.1) is 23.2 Å². The topological polar surface area (TPSA) is 93.1 Å². The molecule has 0 aliphatic rings. The molecule has 6 nitrogen and oxygen atoms in total. The van der Waals surface area contributed by atoms with Gasteiger partial charge in [0.2, 0.25) is 0 Å². The SMILES string of the molecule is COP(C)(=O)OC.O=P(O)(O)C(=CCCCl)CCCl. The molecule has 0 saturated heterocycles. The molecule has 0 unspecified atom stereocenters. The predicted octanol–water partition coefficient (Wildman–Crippen LogP) is 3.41. The van der Waals surface area contributed by atoms with Crippen molar-refractivity contribution in [3.8, 4) is 0 Å². The van der Waals surface area contributed by atoms with E-state index in [0.29, 0.717) is 12.3 Å². The monoisotopic (exact) mass is 356 g/mol. The van der Waals surface area contributed by atoms with Crippen molar-refractivity contribution >= 4 is 38.4 Å². The van der Waals surface area contributed by atoms with Crippen LogP contribution < -0.4 is 0 Å². The molecule has 0 aromatic rings. The Morgan fingerprint density at radius 2 is 1.63 bits per heavy atom. The lowest BCUT2D eigenvalue weighted by atomic mass is 10.3. The van der Waals surface area contributed by atoms with Crippen LogP contribution in [0.1, 0.15) is 12.8 Å². The molecule has 0 saturated carbocycles. The summed E-state index contributed by atoms with van der Waals surface area (Å²) in [4.78, 5) is 17.6. The highest BCUT2D eigenvalue weighted by Gasteiger charge is 2.19. The minimum atomic E-state index is -4.10. The highest BCUT2D eigenvalue weighted by atomic mass is 35.5. The summed E-state index contributed by atoms with van der Waals surface area (Å²) in [6, 6.07) is 0. The van der Waals surface area contributed by atoms with Crippen LogP contribution >= 0.6 is 38.4 Å². The van der Waals surface area contributed by atoms with Gasteiger partial charge in [-0.2, -0.15) is 0 Å². The number of rotatable bonds is 7. The van der Waals surface area contributed by atoms with Gasteiger partial charge in [-0.1, -0.05) is 6.08 Å². The van der Waals surface area contributed by atoms with E-state index in [9.17, 15) is 9.13 Å². The van der Waals surface area contributed by atoms with Crippen LogP contribution in [0.5, 0.6) is 0 Å². The van der Waals surface area contributed by atoms with Crippen molar-refractivity contribution in [2.24, 2.45) is 0 Å². The molecule has 0 aromatic carbocycles. The van der Waals surface area contributed by atoms with E-state index in [1.54, 1.807) is 0 Å². The van der Waals surface area contributed by atoms with E-state index >= 15 is 0 Å². The molecular formula is C9H20Cl2O6P2. The maximum Gasteiger partial charge on any atom is 0.351 e. The molecule has 0 aliphatic heterocycles. The highest BCUT2D eigenvalue weighted by molar-refractivity contribution is 7.56. The molecule has 0 spiro atoms. The summed E-state index contributed by atoms with van der Waals surface area (Å²) in [6.07, 6.45) is 2.12. The van der Waals surface area contributed by atoms with Crippen LogP contribution in [0.25, 0.3) is 0 Å². The van der Waals surface area contributed by atoms with E-state index in [2.05, 4.69) is 9.05 Å². The third kappa shape index (κ3) is 13.4. The zero-order chi connectivity index (χ0) is 15.5. The van der Waals surface area contributed by atoms with Crippen molar-refractivity contribution in [2.75, 3.05) is 32.6 Å². The van der Waals surface area contributed by atoms with E-state index < -0.39 is 15.2 Å². The van der Waals surface area contributed by atoms with Crippen LogP contribution in [0.4, 0.5) is 0 Å². The van der Waals surface area contributed by atoms with E-state index in [4.69, 9.17) is 33.0 Å². The van der Waals surface area contributed by atoms with E-state index in [1.807, 2.05) is 0 Å². The fourth-order valence-corrected chi connectivity index (χ4v) is 2.12. The maximum atomic E-state index is 10.8. The van der Waals surface area contributed by atoms with Gasteiger partial charge in [-0.05, 0) is 12.8 Å². The zero-order valence-corrected chi connectivity index (χ0v) is 14.4. The maximum absolute atomic E-state index is 10.8. The molecule has 0 aliphatic carbocycles. The smallest absolute Gasteiger partial charge is 0.321 e. The van der Waals surface area contributed by atoms with E-state index in [-0.39, 0.29) is 17.6 Å². The number of hydrogen-bond acceptors (Lipinski definition) is 4. The van der Waals surface area contributed by atoms with Crippen molar-refractivity contribution in [1.82, 2.24) is 0 Å². The van der Waals surface area contributed by atoms with Crippen LogP contribution in [0.3, 0.4) is 0 Å². The molecule has 19 heavy (non-hydrogen) atoms. The third-order valence-electron chi connectivity index (χ3n) is 1.88. The lowest BCUT2D eigenvalue weighted by Crippen LogP contribution is -1.88. The molecule has 0 amide bonds. The first-order chi connectivity index (χ1) is 8.64. The summed E-state index contributed by atoms with van der Waals surface area (Å²) >= 11 is 10.7. The zero-order valence-electron chi connectivity index (χ0n) is 11.1. The lowest BCUT2D eigenvalue weighted by molar-refractivity contribution is 0.282. The Bertz CT molecular complexity index is 347. The molecule has 0 atom stereocenters. The first kappa shape index (κ1) is 21.9. The second-order valence-corrected chi connectivity index (χ2v) is 7.98. The first-order valence-corrected chi connectivity index (χ1v) is 9.87. The van der Waals surface area contributed by atoms with Gasteiger partial charge in [0.15, 0.2) is 0 Å². The van der Waals surface area contributed by atoms with Crippen molar-refractivity contribution in [3.05, 3.63) is 11.4 Å². The van der Waals surface area contributed by atoms with Crippen LogP contribution in [-0.2, 0) is 18.2 Å². The van der Waals surface area contributed by atoms with Crippen molar-refractivity contribution in [2.45, 2.75) is 12.8 Å². The van der Waals surface area contributed by atoms with Crippen molar-refractivity contribution in [3.63, 3.8) is 0 Å². The second-order valence-electron chi connectivity index (χ2n) is 3.29. The molecule has 0 rings (SSSR count). The average Bonchev–Trinajstić information content (AvgIpc) is 2.34. The Balaban J connectivity index is 0. The molecule has 10 heteroatoms. The van der Waals surface area contributed by atoms with Gasteiger partial charge < -0.3 is 18.8 Å². The fourth-order valence-electron chi connectivity index (χ4n) is 0.759. The average molecular weight is 357 g/mol. The van der Waals surface area contributed by atoms with Gasteiger partial charge in [0.05, 0.1) is 0 Å². The van der Waals surface area contributed by atoms with Crippen LogP contribution in [0, 0.1) is 0 Å². The molecule has 2 N–H and O–H groups in total. The number of hydrogen-bond donors (Lipinski definition) is 2. The highest BCUT2D eigenvalue weighted by Crippen LogP contribution is 2.46. The Kier molecular flexibility index (Phi) is 13.0. The number of allylic oxidation sites excluding steroid dienone is 2. The summed E-state index contributed by atoms with van der Waals surface area (Å²) in [7, 11) is -4.06. The summed E-state index contributed by atoms with van der Waals surface area (Å²) in [5.74, 6) is 0.561. The Morgan fingerprint density at radius 3 is 1.84 bits per heavy atom. The third-order valence-corrected chi connectivity index (χ3v) is 4.77. The van der Waals surface area contributed by atoms with E-state index in [0.717, 1.165) is 0 Å². The normalized spacial score (nSPS) is 12.9. The quantitative estimate of drug-likeness (QED) is 0.536. The summed E-state index contributed by atoms with van der Waals surface area (Å²) in [5, 5.41) is 0.0816. The molecule has 116 valence electrons. The summed E-state index contributed by atoms with van der Waals surface area (Å²) in [5.41, 5.74) is 0. The van der Waals surface area contributed by atoms with Gasteiger partial charge in [-0.3, -0.25) is 9.13 Å². The molecule has 0 bridgehead atoms. The largest absolute Gasteiger partial charge is 0.351 e. The molecule has 0 fully saturated rings. The first-order valence-electron chi connectivity index (χ1n) is 5.20. The van der Waals surface area contributed by atoms with E-state index in [1.165, 1.54) is 27.0 Å². The molecule has 0 aromatic heterocycles. The Hall–Kier alpha value is 0.620. The minimum Gasteiger partial charge on any atom is -0.321 e. The van der Waals surface area contributed by atoms with Crippen LogP contribution in [0.2, 0.25) is 0 Å². The summed E-state index contributed by atoms with van der Waals surface area (Å²) < 4.78 is 30.1. The number of halogens is 2. The van der Waals surface area contributed by atoms with Gasteiger partial charge >= 0.3 is 15.2 Å². The van der Waals surface area contributed by atoms with Crippen LogP contribution in [-0.4, -0.2) is 42.4 Å². The van der Waals surface area contributed by atoms with Crippen LogP contribution in [0.15, 0.2) is 11.4 Å². The summed E-state index contributed by atoms with van der Waals surface area (Å²) in [6.45, 7) is 1.41. The standard InChI is InChI=1S/C6H11Cl2O3P.C3H9O3P/c7-4-1-2-6(3-5-8)12(9,10)11;1-5-7(3,4)6-2/h2H,1,3-5H2,(H2,9,10,11);1-3H3. The molecule has 0 radical (unpaired) electrons. The molecule has 0 heterocycles. The number of alkyl halides is 2. The van der Waals surface area contributed by atoms with Gasteiger partial charge in [-0.25, -0.2) is 0 Å². The Labute approximate surface area is 123 Å². The van der Waals surface area contributed by atoms with Gasteiger partial charge in [0.1, 0.15) is 0 Å². The lowest BCUT2D eigenvalue weighted by Gasteiger charge is -2.06. The van der Waals surface area contributed by atoms with Gasteiger partial charge in [0, 0.05) is 38.0 Å². The Morgan fingerprint density at radius 1 is 1.16 bits per heavy atom. The fraction of sp³-hybridized carbons (Fsp3) is 0.778. The molecular weight excluding hydrogens is 337 g/mol.